The molecule has 0 bridgehead atoms. The topological polar surface area (TPSA) is 46.2 Å². The SMILES string of the molecule is CCS(=O)(=O)Nc1ccccc1CCC(C)C. The molecule has 0 amide bonds. The molecular formula is C13H21NO2S. The van der Waals surface area contributed by atoms with Crippen LogP contribution in [0.4, 0.5) is 5.69 Å². The van der Waals surface area contributed by atoms with E-state index in [2.05, 4.69) is 18.6 Å². The summed E-state index contributed by atoms with van der Waals surface area (Å²) in [5.41, 5.74) is 1.79. The molecule has 0 spiro atoms. The van der Waals surface area contributed by atoms with Crippen molar-refractivity contribution in [3.8, 4) is 0 Å². The van der Waals surface area contributed by atoms with Crippen LogP contribution in [0.2, 0.25) is 0 Å². The fourth-order valence-electron chi connectivity index (χ4n) is 1.52. The molecule has 0 aliphatic heterocycles. The molecule has 0 atom stereocenters. The van der Waals surface area contributed by atoms with Crippen LogP contribution in [0.1, 0.15) is 32.8 Å². The lowest BCUT2D eigenvalue weighted by molar-refractivity contribution is 0.587. The van der Waals surface area contributed by atoms with Gasteiger partial charge in [0.25, 0.3) is 0 Å². The van der Waals surface area contributed by atoms with Crippen LogP contribution in [-0.4, -0.2) is 14.2 Å². The molecule has 0 saturated heterocycles. The molecule has 1 rings (SSSR count). The summed E-state index contributed by atoms with van der Waals surface area (Å²) in [5.74, 6) is 0.719. The molecule has 0 saturated carbocycles. The molecule has 4 heteroatoms. The van der Waals surface area contributed by atoms with Crippen molar-refractivity contribution in [3.63, 3.8) is 0 Å². The predicted molar refractivity (Wildman–Crippen MR) is 72.7 cm³/mol. The predicted octanol–water partition coefficient (Wildman–Crippen LogP) is 3.04. The lowest BCUT2D eigenvalue weighted by Crippen LogP contribution is -2.15. The summed E-state index contributed by atoms with van der Waals surface area (Å²) in [5, 5.41) is 0. The Morgan fingerprint density at radius 1 is 1.24 bits per heavy atom. The molecule has 0 aliphatic carbocycles. The van der Waals surface area contributed by atoms with Gasteiger partial charge in [0.2, 0.25) is 10.0 Å². The molecule has 1 aromatic rings. The van der Waals surface area contributed by atoms with Crippen molar-refractivity contribution in [2.24, 2.45) is 5.92 Å². The molecule has 0 unspecified atom stereocenters. The van der Waals surface area contributed by atoms with E-state index in [9.17, 15) is 8.42 Å². The van der Waals surface area contributed by atoms with Gasteiger partial charge in [-0.25, -0.2) is 8.42 Å². The first-order chi connectivity index (χ1) is 7.94. The fraction of sp³-hybridized carbons (Fsp3) is 0.538. The van der Waals surface area contributed by atoms with Gasteiger partial charge in [0, 0.05) is 0 Å². The third-order valence-electron chi connectivity index (χ3n) is 2.65. The van der Waals surface area contributed by atoms with Crippen molar-refractivity contribution >= 4 is 15.7 Å². The van der Waals surface area contributed by atoms with Crippen molar-refractivity contribution < 1.29 is 8.42 Å². The number of hydrogen-bond acceptors (Lipinski definition) is 2. The molecule has 1 aromatic carbocycles. The highest BCUT2D eigenvalue weighted by molar-refractivity contribution is 7.92. The number of rotatable bonds is 6. The number of para-hydroxylation sites is 1. The third kappa shape index (κ3) is 4.77. The van der Waals surface area contributed by atoms with Gasteiger partial charge in [-0.3, -0.25) is 4.72 Å². The minimum Gasteiger partial charge on any atom is -0.283 e. The molecule has 96 valence electrons. The Morgan fingerprint density at radius 2 is 1.88 bits per heavy atom. The van der Waals surface area contributed by atoms with Crippen LogP contribution in [0, 0.1) is 5.92 Å². The number of aryl methyl sites for hydroxylation is 1. The summed E-state index contributed by atoms with van der Waals surface area (Å²) in [4.78, 5) is 0. The average Bonchev–Trinajstić information content (AvgIpc) is 2.27. The summed E-state index contributed by atoms with van der Waals surface area (Å²) >= 11 is 0. The van der Waals surface area contributed by atoms with E-state index in [0.29, 0.717) is 5.92 Å². The van der Waals surface area contributed by atoms with Gasteiger partial charge in [-0.2, -0.15) is 0 Å². The molecule has 0 fully saturated rings. The van der Waals surface area contributed by atoms with E-state index in [0.717, 1.165) is 24.1 Å². The number of benzene rings is 1. The highest BCUT2D eigenvalue weighted by Crippen LogP contribution is 2.19. The van der Waals surface area contributed by atoms with E-state index in [-0.39, 0.29) is 5.75 Å². The van der Waals surface area contributed by atoms with Crippen LogP contribution in [0.3, 0.4) is 0 Å². The molecule has 1 N–H and O–H groups in total. The second-order valence-electron chi connectivity index (χ2n) is 4.60. The Morgan fingerprint density at radius 3 is 2.47 bits per heavy atom. The van der Waals surface area contributed by atoms with Crippen molar-refractivity contribution in [1.82, 2.24) is 0 Å². The quantitative estimate of drug-likeness (QED) is 0.849. The summed E-state index contributed by atoms with van der Waals surface area (Å²) < 4.78 is 25.7. The number of nitrogens with one attached hydrogen (secondary N) is 1. The van der Waals surface area contributed by atoms with Gasteiger partial charge in [0.05, 0.1) is 11.4 Å². The second-order valence-corrected chi connectivity index (χ2v) is 6.61. The van der Waals surface area contributed by atoms with Crippen LogP contribution in [-0.2, 0) is 16.4 Å². The van der Waals surface area contributed by atoms with Crippen molar-refractivity contribution in [2.45, 2.75) is 33.6 Å². The van der Waals surface area contributed by atoms with Gasteiger partial charge in [-0.1, -0.05) is 32.0 Å². The van der Waals surface area contributed by atoms with E-state index in [1.54, 1.807) is 6.92 Å². The minimum absolute atomic E-state index is 0.103. The third-order valence-corrected chi connectivity index (χ3v) is 3.94. The highest BCUT2D eigenvalue weighted by atomic mass is 32.2. The normalized spacial score (nSPS) is 11.8. The lowest BCUT2D eigenvalue weighted by Gasteiger charge is -2.12. The first-order valence-corrected chi connectivity index (χ1v) is 7.68. The number of sulfonamides is 1. The van der Waals surface area contributed by atoms with E-state index >= 15 is 0 Å². The van der Waals surface area contributed by atoms with Crippen LogP contribution in [0.5, 0.6) is 0 Å². The maximum absolute atomic E-state index is 11.5. The first kappa shape index (κ1) is 14.0. The molecule has 0 heterocycles. The lowest BCUT2D eigenvalue weighted by atomic mass is 10.0. The van der Waals surface area contributed by atoms with Gasteiger partial charge >= 0.3 is 0 Å². The summed E-state index contributed by atoms with van der Waals surface area (Å²) in [6.45, 7) is 5.97. The van der Waals surface area contributed by atoms with E-state index in [1.807, 2.05) is 24.3 Å². The Kier molecular flexibility index (Phi) is 5.00. The Hall–Kier alpha value is -1.03. The smallest absolute Gasteiger partial charge is 0.232 e. The molecular weight excluding hydrogens is 234 g/mol. The fourth-order valence-corrected chi connectivity index (χ4v) is 2.20. The maximum atomic E-state index is 11.5. The van der Waals surface area contributed by atoms with Gasteiger partial charge in [-0.05, 0) is 37.3 Å². The Labute approximate surface area is 104 Å². The molecule has 17 heavy (non-hydrogen) atoms. The van der Waals surface area contributed by atoms with Gasteiger partial charge < -0.3 is 0 Å². The van der Waals surface area contributed by atoms with E-state index in [4.69, 9.17) is 0 Å². The average molecular weight is 255 g/mol. The zero-order chi connectivity index (χ0) is 12.9. The molecule has 0 aromatic heterocycles. The highest BCUT2D eigenvalue weighted by Gasteiger charge is 2.10. The summed E-state index contributed by atoms with van der Waals surface area (Å²) in [6, 6.07) is 7.60. The van der Waals surface area contributed by atoms with Gasteiger partial charge in [0.15, 0.2) is 0 Å². The van der Waals surface area contributed by atoms with Crippen molar-refractivity contribution in [1.29, 1.82) is 0 Å². The van der Waals surface area contributed by atoms with Crippen molar-refractivity contribution in [2.75, 3.05) is 10.5 Å². The molecule has 0 aliphatic rings. The standard InChI is InChI=1S/C13H21NO2S/c1-4-17(15,16)14-13-8-6-5-7-12(13)10-9-11(2)3/h5-8,11,14H,4,9-10H2,1-3H3. The zero-order valence-electron chi connectivity index (χ0n) is 10.7. The Balaban J connectivity index is 2.85. The van der Waals surface area contributed by atoms with Crippen LogP contribution in [0.25, 0.3) is 0 Å². The Bertz CT molecular complexity index is 452. The number of anilines is 1. The second kappa shape index (κ2) is 6.05. The van der Waals surface area contributed by atoms with Crippen LogP contribution < -0.4 is 4.72 Å². The largest absolute Gasteiger partial charge is 0.283 e. The van der Waals surface area contributed by atoms with Gasteiger partial charge in [-0.15, -0.1) is 0 Å². The summed E-state index contributed by atoms with van der Waals surface area (Å²) in [6.07, 6.45) is 1.96. The van der Waals surface area contributed by atoms with E-state index < -0.39 is 10.0 Å². The minimum atomic E-state index is -3.18. The van der Waals surface area contributed by atoms with Crippen LogP contribution in [0.15, 0.2) is 24.3 Å². The molecule has 0 radical (unpaired) electrons. The zero-order valence-corrected chi connectivity index (χ0v) is 11.5. The first-order valence-electron chi connectivity index (χ1n) is 6.03. The molecule has 3 nitrogen and oxygen atoms in total. The van der Waals surface area contributed by atoms with Crippen LogP contribution >= 0.6 is 0 Å². The maximum Gasteiger partial charge on any atom is 0.232 e. The van der Waals surface area contributed by atoms with Crippen molar-refractivity contribution in [3.05, 3.63) is 29.8 Å². The monoisotopic (exact) mass is 255 g/mol. The van der Waals surface area contributed by atoms with E-state index in [1.165, 1.54) is 0 Å². The number of hydrogen-bond donors (Lipinski definition) is 1. The summed E-state index contributed by atoms with van der Waals surface area (Å²) in [7, 11) is -3.18. The van der Waals surface area contributed by atoms with Gasteiger partial charge in [0.1, 0.15) is 0 Å².